The molecule has 1 aromatic carbocycles. The zero-order chi connectivity index (χ0) is 17.2. The molecule has 0 spiro atoms. The van der Waals surface area contributed by atoms with Crippen LogP contribution in [0.15, 0.2) is 24.3 Å². The largest absolute Gasteiger partial charge is 0.278 e. The second-order valence-corrected chi connectivity index (χ2v) is 6.87. The number of fused-ring (bicyclic) bond motifs is 1. The Balaban J connectivity index is 1.61. The van der Waals surface area contributed by atoms with E-state index in [1.165, 1.54) is 56.3 Å². The molecule has 0 saturated heterocycles. The van der Waals surface area contributed by atoms with Gasteiger partial charge in [-0.05, 0) is 18.1 Å². The second-order valence-electron chi connectivity index (χ2n) is 6.87. The number of amides is 2. The lowest BCUT2D eigenvalue weighted by molar-refractivity contribution is -0.128. The Labute approximate surface area is 146 Å². The van der Waals surface area contributed by atoms with Crippen LogP contribution in [0.25, 0.3) is 0 Å². The molecule has 1 heterocycles. The van der Waals surface area contributed by atoms with E-state index < -0.39 is 0 Å². The molecule has 2 amide bonds. The topological polar surface area (TPSA) is 37.4 Å². The van der Waals surface area contributed by atoms with E-state index in [0.717, 1.165) is 18.4 Å². The minimum Gasteiger partial charge on any atom is -0.278 e. The molecular weight excluding hydrogens is 298 g/mol. The molecular formula is C21H31NO2. The lowest BCUT2D eigenvalue weighted by Crippen LogP contribution is -2.42. The van der Waals surface area contributed by atoms with E-state index in [0.29, 0.717) is 18.5 Å². The van der Waals surface area contributed by atoms with Gasteiger partial charge in [0, 0.05) is 12.1 Å². The van der Waals surface area contributed by atoms with Crippen LogP contribution in [0.3, 0.4) is 0 Å². The van der Waals surface area contributed by atoms with Gasteiger partial charge in [0.25, 0.3) is 5.91 Å². The van der Waals surface area contributed by atoms with Gasteiger partial charge in [-0.2, -0.15) is 0 Å². The normalized spacial score (nSPS) is 14.1. The van der Waals surface area contributed by atoms with E-state index in [2.05, 4.69) is 6.92 Å². The first kappa shape index (κ1) is 18.7. The highest BCUT2D eigenvalue weighted by atomic mass is 16.2. The van der Waals surface area contributed by atoms with Crippen molar-refractivity contribution < 1.29 is 9.59 Å². The summed E-state index contributed by atoms with van der Waals surface area (Å²) < 4.78 is 0. The molecule has 1 aromatic rings. The fourth-order valence-electron chi connectivity index (χ4n) is 3.38. The maximum Gasteiger partial charge on any atom is 0.260 e. The highest BCUT2D eigenvalue weighted by molar-refractivity contribution is 6.09. The molecule has 3 heteroatoms. The number of carbonyl (C=O) groups is 2. The van der Waals surface area contributed by atoms with Crippen LogP contribution >= 0.6 is 0 Å². The summed E-state index contributed by atoms with van der Waals surface area (Å²) >= 11 is 0. The van der Waals surface area contributed by atoms with Crippen molar-refractivity contribution in [3.05, 3.63) is 35.4 Å². The number of imide groups is 1. The number of benzene rings is 1. The second kappa shape index (κ2) is 10.3. The highest BCUT2D eigenvalue weighted by Crippen LogP contribution is 2.20. The Kier molecular flexibility index (Phi) is 8.00. The molecule has 0 N–H and O–H groups in total. The molecule has 3 nitrogen and oxygen atoms in total. The van der Waals surface area contributed by atoms with Gasteiger partial charge in [0.15, 0.2) is 0 Å². The Morgan fingerprint density at radius 3 is 2.08 bits per heavy atom. The van der Waals surface area contributed by atoms with Crippen LogP contribution in [0.2, 0.25) is 0 Å². The SMILES string of the molecule is CCCCCCCCCCCCN1C(=O)Cc2ccccc2C1=O. The number of unbranched alkanes of at least 4 members (excludes halogenated alkanes) is 9. The summed E-state index contributed by atoms with van der Waals surface area (Å²) in [5, 5.41) is 0. The van der Waals surface area contributed by atoms with Crippen molar-refractivity contribution in [1.82, 2.24) is 4.90 Å². The van der Waals surface area contributed by atoms with Gasteiger partial charge in [-0.1, -0.05) is 82.9 Å². The monoisotopic (exact) mass is 329 g/mol. The lowest BCUT2D eigenvalue weighted by atomic mass is 9.98. The van der Waals surface area contributed by atoms with Crippen LogP contribution in [-0.4, -0.2) is 23.3 Å². The Morgan fingerprint density at radius 1 is 0.833 bits per heavy atom. The van der Waals surface area contributed by atoms with E-state index in [1.54, 1.807) is 0 Å². The molecule has 0 bridgehead atoms. The molecule has 0 aliphatic carbocycles. The van der Waals surface area contributed by atoms with E-state index in [4.69, 9.17) is 0 Å². The highest BCUT2D eigenvalue weighted by Gasteiger charge is 2.29. The molecule has 24 heavy (non-hydrogen) atoms. The van der Waals surface area contributed by atoms with Crippen molar-refractivity contribution in [3.8, 4) is 0 Å². The van der Waals surface area contributed by atoms with Crippen molar-refractivity contribution in [2.45, 2.75) is 77.6 Å². The number of hydrogen-bond donors (Lipinski definition) is 0. The standard InChI is InChI=1S/C21H31NO2/c1-2-3-4-5-6-7-8-9-10-13-16-22-20(23)17-18-14-11-12-15-19(18)21(22)24/h11-12,14-15H,2-10,13,16-17H2,1H3. The quantitative estimate of drug-likeness (QED) is 0.417. The first-order valence-electron chi connectivity index (χ1n) is 9.66. The zero-order valence-electron chi connectivity index (χ0n) is 15.1. The minimum absolute atomic E-state index is 0.0466. The molecule has 0 fully saturated rings. The summed E-state index contributed by atoms with van der Waals surface area (Å²) in [6.45, 7) is 2.82. The van der Waals surface area contributed by atoms with Crippen molar-refractivity contribution >= 4 is 11.8 Å². The molecule has 132 valence electrons. The van der Waals surface area contributed by atoms with Gasteiger partial charge >= 0.3 is 0 Å². The predicted octanol–water partition coefficient (Wildman–Crippen LogP) is 5.13. The maximum absolute atomic E-state index is 12.4. The van der Waals surface area contributed by atoms with Gasteiger partial charge in [0.1, 0.15) is 0 Å². The van der Waals surface area contributed by atoms with Crippen LogP contribution in [0.4, 0.5) is 0 Å². The molecule has 0 aromatic heterocycles. The van der Waals surface area contributed by atoms with Gasteiger partial charge in [-0.25, -0.2) is 0 Å². The van der Waals surface area contributed by atoms with Gasteiger partial charge < -0.3 is 0 Å². The third-order valence-electron chi connectivity index (χ3n) is 4.87. The fourth-order valence-corrected chi connectivity index (χ4v) is 3.38. The molecule has 1 aliphatic rings. The van der Waals surface area contributed by atoms with Crippen LogP contribution in [0.5, 0.6) is 0 Å². The first-order chi connectivity index (χ1) is 11.7. The molecule has 2 rings (SSSR count). The van der Waals surface area contributed by atoms with E-state index in [-0.39, 0.29) is 11.8 Å². The van der Waals surface area contributed by atoms with Gasteiger partial charge in [0.05, 0.1) is 6.42 Å². The third-order valence-corrected chi connectivity index (χ3v) is 4.87. The molecule has 0 atom stereocenters. The van der Waals surface area contributed by atoms with Crippen LogP contribution in [0.1, 0.15) is 87.1 Å². The number of carbonyl (C=O) groups excluding carboxylic acids is 2. The Bertz CT molecular complexity index is 538. The van der Waals surface area contributed by atoms with E-state index in [1.807, 2.05) is 24.3 Å². The molecule has 0 saturated carbocycles. The summed E-state index contributed by atoms with van der Waals surface area (Å²) in [5.74, 6) is -0.160. The summed E-state index contributed by atoms with van der Waals surface area (Å²) in [7, 11) is 0. The first-order valence-corrected chi connectivity index (χ1v) is 9.66. The number of rotatable bonds is 11. The maximum atomic E-state index is 12.4. The van der Waals surface area contributed by atoms with Crippen LogP contribution in [0, 0.1) is 0 Å². The molecule has 1 aliphatic heterocycles. The summed E-state index contributed by atoms with van der Waals surface area (Å²) in [4.78, 5) is 26.0. The van der Waals surface area contributed by atoms with Gasteiger partial charge in [-0.15, -0.1) is 0 Å². The minimum atomic E-state index is -0.113. The fraction of sp³-hybridized carbons (Fsp3) is 0.619. The average Bonchev–Trinajstić information content (AvgIpc) is 2.59. The van der Waals surface area contributed by atoms with Crippen molar-refractivity contribution in [2.24, 2.45) is 0 Å². The number of hydrogen-bond acceptors (Lipinski definition) is 2. The predicted molar refractivity (Wildman–Crippen MR) is 98.0 cm³/mol. The van der Waals surface area contributed by atoms with Gasteiger partial charge in [0.2, 0.25) is 5.91 Å². The summed E-state index contributed by atoms with van der Waals surface area (Å²) in [6.07, 6.45) is 12.9. The Morgan fingerprint density at radius 2 is 1.42 bits per heavy atom. The van der Waals surface area contributed by atoms with Crippen molar-refractivity contribution in [1.29, 1.82) is 0 Å². The third kappa shape index (κ3) is 5.47. The molecule has 0 radical (unpaired) electrons. The van der Waals surface area contributed by atoms with Crippen LogP contribution < -0.4 is 0 Å². The molecule has 0 unspecified atom stereocenters. The van der Waals surface area contributed by atoms with E-state index in [9.17, 15) is 9.59 Å². The van der Waals surface area contributed by atoms with E-state index >= 15 is 0 Å². The van der Waals surface area contributed by atoms with Crippen molar-refractivity contribution in [2.75, 3.05) is 6.54 Å². The van der Waals surface area contributed by atoms with Crippen LogP contribution in [-0.2, 0) is 11.2 Å². The van der Waals surface area contributed by atoms with Crippen molar-refractivity contribution in [3.63, 3.8) is 0 Å². The van der Waals surface area contributed by atoms with Gasteiger partial charge in [-0.3, -0.25) is 14.5 Å². The summed E-state index contributed by atoms with van der Waals surface area (Å²) in [5.41, 5.74) is 1.57. The lowest BCUT2D eigenvalue weighted by Gasteiger charge is -2.26. The average molecular weight is 329 g/mol. The zero-order valence-corrected chi connectivity index (χ0v) is 15.1. The summed E-state index contributed by atoms with van der Waals surface area (Å²) in [6, 6.07) is 7.46. The smallest absolute Gasteiger partial charge is 0.260 e. The Hall–Kier alpha value is -1.64. The number of nitrogens with zero attached hydrogens (tertiary/aromatic N) is 1.